The molecule has 0 atom stereocenters. The van der Waals surface area contributed by atoms with Crippen LogP contribution in [0.5, 0.6) is 5.75 Å². The molecule has 0 saturated heterocycles. The fourth-order valence-electron chi connectivity index (χ4n) is 2.47. The number of rotatable bonds is 9. The maximum atomic E-state index is 13.0. The van der Waals surface area contributed by atoms with Gasteiger partial charge in [0.25, 0.3) is 5.91 Å². The van der Waals surface area contributed by atoms with Crippen LogP contribution in [0.1, 0.15) is 21.6 Å². The molecule has 0 saturated carbocycles. The third kappa shape index (κ3) is 6.01. The lowest BCUT2D eigenvalue weighted by atomic mass is 10.1. The summed E-state index contributed by atoms with van der Waals surface area (Å²) in [6.07, 6.45) is -0.788. The van der Waals surface area contributed by atoms with E-state index in [0.717, 1.165) is 24.5 Å². The van der Waals surface area contributed by atoms with Crippen LogP contribution in [0.15, 0.2) is 61.7 Å². The molecule has 162 valence electrons. The van der Waals surface area contributed by atoms with Gasteiger partial charge in [0.1, 0.15) is 23.9 Å². The minimum atomic E-state index is -4.59. The lowest BCUT2D eigenvalue weighted by molar-refractivity contribution is -0.137. The zero-order valence-corrected chi connectivity index (χ0v) is 16.4. The van der Waals surface area contributed by atoms with Crippen molar-refractivity contribution in [1.82, 2.24) is 9.88 Å². The quantitative estimate of drug-likeness (QED) is 0.312. The number of nitrogens with one attached hydrogen (secondary N) is 3. The number of carbonyl (C=O) groups is 1. The summed E-state index contributed by atoms with van der Waals surface area (Å²) >= 11 is 0. The van der Waals surface area contributed by atoms with Crippen molar-refractivity contribution in [2.75, 3.05) is 18.5 Å². The second-order valence-corrected chi connectivity index (χ2v) is 6.09. The topological polar surface area (TPSA) is 102 Å². The molecule has 7 nitrogen and oxygen atoms in total. The van der Waals surface area contributed by atoms with E-state index < -0.39 is 17.6 Å². The van der Waals surface area contributed by atoms with Gasteiger partial charge in [-0.2, -0.15) is 13.2 Å². The van der Waals surface area contributed by atoms with E-state index in [2.05, 4.69) is 23.5 Å². The molecular formula is C21H20F3N5O2. The van der Waals surface area contributed by atoms with Crippen molar-refractivity contribution in [3.8, 4) is 5.75 Å². The van der Waals surface area contributed by atoms with Crippen LogP contribution in [-0.2, 0) is 6.18 Å². The third-order valence-electron chi connectivity index (χ3n) is 3.91. The zero-order chi connectivity index (χ0) is 23.0. The van der Waals surface area contributed by atoms with E-state index in [1.54, 1.807) is 6.07 Å². The van der Waals surface area contributed by atoms with Crippen LogP contribution in [-0.4, -0.2) is 41.1 Å². The van der Waals surface area contributed by atoms with Gasteiger partial charge in [-0.1, -0.05) is 24.8 Å². The van der Waals surface area contributed by atoms with Crippen molar-refractivity contribution in [2.24, 2.45) is 0 Å². The molecule has 1 aromatic carbocycles. The molecule has 1 heterocycles. The number of benzene rings is 1. The van der Waals surface area contributed by atoms with Crippen molar-refractivity contribution in [3.05, 3.63) is 78.5 Å². The van der Waals surface area contributed by atoms with Gasteiger partial charge in [-0.3, -0.25) is 15.6 Å². The molecule has 0 aliphatic carbocycles. The fraction of sp³-hybridized carbons (Fsp3) is 0.143. The summed E-state index contributed by atoms with van der Waals surface area (Å²) in [6, 6.07) is 7.08. The summed E-state index contributed by atoms with van der Waals surface area (Å²) in [5, 5.41) is 18.0. The lowest BCUT2D eigenvalue weighted by Crippen LogP contribution is -2.30. The van der Waals surface area contributed by atoms with Gasteiger partial charge in [-0.05, 0) is 30.3 Å². The van der Waals surface area contributed by atoms with Crippen molar-refractivity contribution in [1.29, 1.82) is 10.8 Å². The number of amides is 1. The number of halogens is 3. The van der Waals surface area contributed by atoms with Crippen LogP contribution in [0.2, 0.25) is 0 Å². The standard InChI is InChI=1S/C21H20F3N5O2/c1-3-10-29(13-25)19(26)16-6-5-7-18(27-16)28-20(30)15-9-8-14(21(22,23)24)12-17(15)31-11-4-2/h3-9,12-13,25-26H,1-2,10-11H2,(H,27,28,30). The number of nitrogens with zero attached hydrogens (tertiary/aromatic N) is 2. The molecule has 0 fully saturated rings. The van der Waals surface area contributed by atoms with Gasteiger partial charge in [0.15, 0.2) is 5.84 Å². The molecule has 0 bridgehead atoms. The smallest absolute Gasteiger partial charge is 0.416 e. The van der Waals surface area contributed by atoms with Gasteiger partial charge in [0, 0.05) is 6.54 Å². The molecule has 1 amide bonds. The van der Waals surface area contributed by atoms with Gasteiger partial charge in [-0.25, -0.2) is 4.98 Å². The van der Waals surface area contributed by atoms with Crippen LogP contribution in [0.4, 0.5) is 19.0 Å². The molecule has 0 radical (unpaired) electrons. The molecular weight excluding hydrogens is 411 g/mol. The van der Waals surface area contributed by atoms with Crippen LogP contribution in [0, 0.1) is 10.8 Å². The number of aromatic nitrogens is 1. The molecule has 0 spiro atoms. The monoisotopic (exact) mass is 431 g/mol. The van der Waals surface area contributed by atoms with E-state index in [1.807, 2.05) is 0 Å². The lowest BCUT2D eigenvalue weighted by Gasteiger charge is -2.17. The van der Waals surface area contributed by atoms with E-state index in [9.17, 15) is 18.0 Å². The van der Waals surface area contributed by atoms with E-state index in [4.69, 9.17) is 15.6 Å². The Balaban J connectivity index is 2.30. The Morgan fingerprint density at radius 3 is 2.58 bits per heavy atom. The maximum Gasteiger partial charge on any atom is 0.416 e. The van der Waals surface area contributed by atoms with Gasteiger partial charge in [-0.15, -0.1) is 6.58 Å². The molecule has 31 heavy (non-hydrogen) atoms. The average molecular weight is 431 g/mol. The number of ether oxygens (including phenoxy) is 1. The Kier molecular flexibility index (Phi) is 7.67. The summed E-state index contributed by atoms with van der Waals surface area (Å²) in [5.41, 5.74) is -0.894. The minimum absolute atomic E-state index is 0.0744. The predicted octanol–water partition coefficient (Wildman–Crippen LogP) is 4.34. The molecule has 0 aliphatic rings. The number of carbonyl (C=O) groups excluding carboxylic acids is 1. The largest absolute Gasteiger partial charge is 0.489 e. The van der Waals surface area contributed by atoms with Gasteiger partial charge in [0.2, 0.25) is 0 Å². The molecule has 2 rings (SSSR count). The summed E-state index contributed by atoms with van der Waals surface area (Å²) in [4.78, 5) is 18.1. The highest BCUT2D eigenvalue weighted by molar-refractivity contribution is 6.06. The Labute approximate surface area is 176 Å². The van der Waals surface area contributed by atoms with Crippen LogP contribution >= 0.6 is 0 Å². The van der Waals surface area contributed by atoms with Crippen molar-refractivity contribution < 1.29 is 22.7 Å². The number of pyridine rings is 1. The summed E-state index contributed by atoms with van der Waals surface area (Å²) in [5.74, 6) is -1.00. The molecule has 0 aliphatic heterocycles. The third-order valence-corrected chi connectivity index (χ3v) is 3.91. The Hall–Kier alpha value is -3.95. The highest BCUT2D eigenvalue weighted by Gasteiger charge is 2.32. The van der Waals surface area contributed by atoms with Crippen LogP contribution in [0.25, 0.3) is 0 Å². The SMILES string of the molecule is C=CCOc1cc(C(F)(F)F)ccc1C(=O)Nc1cccc(C(=N)N(C=N)CC=C)n1. The number of hydrogen-bond donors (Lipinski definition) is 3. The van der Waals surface area contributed by atoms with Gasteiger partial charge >= 0.3 is 6.18 Å². The summed E-state index contributed by atoms with van der Waals surface area (Å²) < 4.78 is 44.3. The normalized spacial score (nSPS) is 10.7. The highest BCUT2D eigenvalue weighted by Crippen LogP contribution is 2.33. The number of hydrogen-bond acceptors (Lipinski definition) is 5. The molecule has 1 aromatic heterocycles. The molecule has 2 aromatic rings. The van der Waals surface area contributed by atoms with E-state index in [-0.39, 0.29) is 41.8 Å². The van der Waals surface area contributed by atoms with Crippen molar-refractivity contribution in [3.63, 3.8) is 0 Å². The van der Waals surface area contributed by atoms with Crippen LogP contribution in [0.3, 0.4) is 0 Å². The van der Waals surface area contributed by atoms with Gasteiger partial charge < -0.3 is 15.0 Å². The zero-order valence-electron chi connectivity index (χ0n) is 16.4. The predicted molar refractivity (Wildman–Crippen MR) is 112 cm³/mol. The van der Waals surface area contributed by atoms with Crippen LogP contribution < -0.4 is 10.1 Å². The summed E-state index contributed by atoms with van der Waals surface area (Å²) in [7, 11) is 0. The molecule has 0 unspecified atom stereocenters. The number of anilines is 1. The Morgan fingerprint density at radius 2 is 1.97 bits per heavy atom. The Morgan fingerprint density at radius 1 is 1.23 bits per heavy atom. The fourth-order valence-corrected chi connectivity index (χ4v) is 2.47. The minimum Gasteiger partial charge on any atom is -0.489 e. The van der Waals surface area contributed by atoms with Gasteiger partial charge in [0.05, 0.1) is 17.5 Å². The van der Waals surface area contributed by atoms with Crippen molar-refractivity contribution >= 4 is 23.9 Å². The first-order valence-corrected chi connectivity index (χ1v) is 8.91. The number of alkyl halides is 3. The second-order valence-electron chi connectivity index (χ2n) is 6.09. The molecule has 10 heteroatoms. The first kappa shape index (κ1) is 23.3. The second kappa shape index (κ2) is 10.2. The first-order valence-electron chi connectivity index (χ1n) is 8.91. The summed E-state index contributed by atoms with van der Waals surface area (Å²) in [6.45, 7) is 7.13. The highest BCUT2D eigenvalue weighted by atomic mass is 19.4. The van der Waals surface area contributed by atoms with E-state index in [0.29, 0.717) is 0 Å². The number of amidine groups is 1. The average Bonchev–Trinajstić information content (AvgIpc) is 2.74. The first-order chi connectivity index (χ1) is 14.7. The Bertz CT molecular complexity index is 1000. The van der Waals surface area contributed by atoms with Crippen molar-refractivity contribution in [2.45, 2.75) is 6.18 Å². The van der Waals surface area contributed by atoms with E-state index in [1.165, 1.54) is 29.2 Å². The van der Waals surface area contributed by atoms with E-state index >= 15 is 0 Å². The molecule has 3 N–H and O–H groups in total. The maximum absolute atomic E-state index is 13.0.